The van der Waals surface area contributed by atoms with Gasteiger partial charge < -0.3 is 44.9 Å². The number of halogens is 1. The summed E-state index contributed by atoms with van der Waals surface area (Å²) in [5.41, 5.74) is 11.1. The number of aromatic nitrogens is 8. The number of carbonyl (C=O) groups excluding carboxylic acids is 2. The Hall–Kier alpha value is -7.91. The van der Waals surface area contributed by atoms with E-state index in [1.54, 1.807) is 26.4 Å². The van der Waals surface area contributed by atoms with Crippen molar-refractivity contribution in [3.63, 3.8) is 0 Å². The van der Waals surface area contributed by atoms with Crippen LogP contribution in [-0.4, -0.2) is 137 Å². The number of hydrogen-bond donors (Lipinski definition) is 5. The number of carbonyl (C=O) groups is 2. The van der Waals surface area contributed by atoms with Crippen LogP contribution in [0.25, 0.3) is 55.3 Å². The number of likely N-dealkylation sites (tertiary alicyclic amines) is 1. The second kappa shape index (κ2) is 22.4. The van der Waals surface area contributed by atoms with Gasteiger partial charge in [0, 0.05) is 85.1 Å². The first kappa shape index (κ1) is 54.7. The van der Waals surface area contributed by atoms with E-state index < -0.39 is 30.1 Å². The van der Waals surface area contributed by atoms with Crippen LogP contribution >= 0.6 is 0 Å². The third-order valence-corrected chi connectivity index (χ3v) is 16.9. The fourth-order valence-corrected chi connectivity index (χ4v) is 12.4. The molecule has 82 heavy (non-hydrogen) atoms. The van der Waals surface area contributed by atoms with Crippen LogP contribution in [0.3, 0.4) is 0 Å². The lowest BCUT2D eigenvalue weighted by Crippen LogP contribution is -2.50. The Bertz CT molecular complexity index is 3680. The van der Waals surface area contributed by atoms with Crippen LogP contribution in [0.4, 0.5) is 10.2 Å². The van der Waals surface area contributed by atoms with Gasteiger partial charge >= 0.3 is 6.01 Å². The van der Waals surface area contributed by atoms with E-state index in [1.165, 1.54) is 15.6 Å². The van der Waals surface area contributed by atoms with Crippen LogP contribution in [-0.2, 0) is 20.9 Å². The zero-order chi connectivity index (χ0) is 57.1. The molecule has 3 saturated heterocycles. The summed E-state index contributed by atoms with van der Waals surface area (Å²) in [6.07, 6.45) is 8.94. The van der Waals surface area contributed by atoms with Gasteiger partial charge in [-0.05, 0) is 115 Å². The molecule has 426 valence electrons. The average molecular weight is 1110 g/mol. The summed E-state index contributed by atoms with van der Waals surface area (Å²) in [5, 5.41) is 46.0. The maximum absolute atomic E-state index is 16.1. The van der Waals surface area contributed by atoms with Crippen molar-refractivity contribution in [1.82, 2.24) is 55.7 Å². The van der Waals surface area contributed by atoms with Crippen molar-refractivity contribution in [2.75, 3.05) is 44.9 Å². The van der Waals surface area contributed by atoms with Gasteiger partial charge in [-0.1, -0.05) is 67.6 Å². The molecule has 4 aromatic carbocycles. The predicted octanol–water partition coefficient (Wildman–Crippen LogP) is 7.99. The third-order valence-electron chi connectivity index (χ3n) is 16.9. The van der Waals surface area contributed by atoms with Crippen molar-refractivity contribution in [2.24, 2.45) is 5.92 Å². The lowest BCUT2D eigenvalue weighted by atomic mass is 9.88. The Morgan fingerprint density at radius 1 is 0.890 bits per heavy atom. The van der Waals surface area contributed by atoms with Gasteiger partial charge in [-0.3, -0.25) is 19.7 Å². The zero-order valence-electron chi connectivity index (χ0n) is 47.2. The fourth-order valence-electron chi connectivity index (χ4n) is 12.4. The topological polar surface area (TPSA) is 231 Å². The average Bonchev–Trinajstić information content (AvgIpc) is 2.73. The number of anilines is 1. The van der Waals surface area contributed by atoms with Crippen LogP contribution in [0.15, 0.2) is 85.5 Å². The van der Waals surface area contributed by atoms with Gasteiger partial charge in [0.2, 0.25) is 11.8 Å². The molecule has 4 aromatic heterocycles. The minimum Gasteiger partial charge on any atom is -0.486 e. The number of aryl methyl sites for hydroxylation is 2. The Morgan fingerprint density at radius 3 is 2.33 bits per heavy atom. The van der Waals surface area contributed by atoms with Crippen molar-refractivity contribution in [3.8, 4) is 45.3 Å². The molecule has 5 N–H and O–H groups in total. The third kappa shape index (κ3) is 10.4. The van der Waals surface area contributed by atoms with Crippen molar-refractivity contribution >= 4 is 39.4 Å². The van der Waals surface area contributed by atoms with Gasteiger partial charge in [-0.15, -0.1) is 5.10 Å². The van der Waals surface area contributed by atoms with E-state index >= 15 is 4.39 Å². The normalized spacial score (nSPS) is 19.8. The number of H-pyrrole nitrogens is 1. The van der Waals surface area contributed by atoms with Gasteiger partial charge in [0.15, 0.2) is 5.75 Å². The van der Waals surface area contributed by atoms with Crippen LogP contribution in [0, 0.1) is 32.5 Å². The highest BCUT2D eigenvalue weighted by molar-refractivity contribution is 6.06. The molecule has 0 radical (unpaired) electrons. The van der Waals surface area contributed by atoms with Crippen molar-refractivity contribution < 1.29 is 38.4 Å². The van der Waals surface area contributed by atoms with Crippen molar-refractivity contribution in [2.45, 2.75) is 122 Å². The number of fused-ring (bicyclic) bond motifs is 4. The number of hydrogen-bond acceptors (Lipinski definition) is 15. The fraction of sp³-hybridized carbons (Fsp3) is 0.419. The Kier molecular flexibility index (Phi) is 15.0. The van der Waals surface area contributed by atoms with E-state index in [0.29, 0.717) is 45.2 Å². The van der Waals surface area contributed by atoms with E-state index in [9.17, 15) is 19.8 Å². The highest BCUT2D eigenvalue weighted by Gasteiger charge is 2.44. The number of methoxy groups -OCH3 is 1. The number of piperazine rings is 1. The number of aliphatic hydroxyl groups excluding tert-OH is 2. The predicted molar refractivity (Wildman–Crippen MR) is 308 cm³/mol. The van der Waals surface area contributed by atoms with Crippen LogP contribution in [0.1, 0.15) is 97.8 Å². The molecule has 0 spiro atoms. The Balaban J connectivity index is 0.817. The number of benzene rings is 4. The minimum atomic E-state index is -0.987. The van der Waals surface area contributed by atoms with E-state index in [-0.39, 0.29) is 74.5 Å². The number of nitrogens with zero attached hydrogens (tertiary/aromatic N) is 9. The first-order chi connectivity index (χ1) is 39.7. The SMILES string of the molecule is CO[C@@H](C)COc1nc(N2C[C@@H]3C[C@H]2CN3)c2cc(C3CC3)c(-c3c(C)c(F)cc4[nH]ncc34)c(OCc3ccc(-c4cn([C@H](C(=O)N5C[C@H](O)C[C@H]5C(=O)N[C@@H](CO)c5ccc(-c6c(C)cncc6C)cc5)C(C)C)nn4)cc3)c2n1. The van der Waals surface area contributed by atoms with Crippen molar-refractivity contribution in [1.29, 1.82) is 0 Å². The number of nitrogens with one attached hydrogen (secondary N) is 3. The highest BCUT2D eigenvalue weighted by Crippen LogP contribution is 2.53. The number of amides is 2. The van der Waals surface area contributed by atoms with Gasteiger partial charge in [-0.25, -0.2) is 9.07 Å². The van der Waals surface area contributed by atoms with Gasteiger partial charge in [0.1, 0.15) is 48.1 Å². The molecule has 20 heteroatoms. The molecule has 0 unspecified atom stereocenters. The summed E-state index contributed by atoms with van der Waals surface area (Å²) >= 11 is 0. The number of rotatable bonds is 19. The number of aromatic amines is 1. The summed E-state index contributed by atoms with van der Waals surface area (Å²) in [7, 11) is 1.64. The first-order valence-electron chi connectivity index (χ1n) is 28.4. The summed E-state index contributed by atoms with van der Waals surface area (Å²) in [4.78, 5) is 47.1. The molecule has 2 amide bonds. The van der Waals surface area contributed by atoms with Crippen LogP contribution in [0.5, 0.6) is 11.8 Å². The second-order valence-corrected chi connectivity index (χ2v) is 23.0. The van der Waals surface area contributed by atoms with E-state index in [4.69, 9.17) is 24.2 Å². The lowest BCUT2D eigenvalue weighted by Gasteiger charge is -2.30. The molecular weight excluding hydrogens is 1040 g/mol. The molecular formula is C62H69FN12O7. The highest BCUT2D eigenvalue weighted by atomic mass is 19.1. The second-order valence-electron chi connectivity index (χ2n) is 23.0. The molecule has 7 atom stereocenters. The molecule has 7 heterocycles. The Labute approximate surface area is 474 Å². The molecule has 4 aliphatic rings. The van der Waals surface area contributed by atoms with Gasteiger partial charge in [-0.2, -0.15) is 15.1 Å². The smallest absolute Gasteiger partial charge is 0.319 e. The number of aliphatic hydroxyl groups is 2. The molecule has 3 aliphatic heterocycles. The molecule has 1 saturated carbocycles. The van der Waals surface area contributed by atoms with Gasteiger partial charge in [0.25, 0.3) is 0 Å². The summed E-state index contributed by atoms with van der Waals surface area (Å²) in [6.45, 7) is 13.1. The molecule has 1 aliphatic carbocycles. The van der Waals surface area contributed by atoms with Crippen LogP contribution in [0.2, 0.25) is 0 Å². The number of ether oxygens (including phenoxy) is 3. The maximum atomic E-state index is 16.1. The number of β-amino-alcohol motifs (C(OH)–C–C–N with tert-alkyl or cyclic N) is 1. The Morgan fingerprint density at radius 2 is 1.65 bits per heavy atom. The number of pyridine rings is 1. The quantitative estimate of drug-likeness (QED) is 0.0517. The standard InChI is InChI=1S/C62H69FN12O7/c1-32(2)57(61(79)74-27-44(77)19-52(74)60(78)67-51(29-76)40-14-16-41(17-15-40)53-33(3)22-64-23-34(53)4)75-28-50(71-72-75)39-10-8-37(9-11-39)31-81-58-55(54-36(6)48(63)21-49-47(54)25-66-70-49)45(38-12-13-38)20-46-56(58)68-62(82-30-35(5)80-7)69-59(46)73-26-42-18-43(73)24-65-42/h8-11,14-17,20-23,25,28,32,35,38,42-44,51-52,57,65,76-77H,12-13,18-19,24,26-27,29-31H2,1-7H3,(H,66,70)(H,67,78)/t35-,42-,43-,44+,51-,52-,57-/m0/s1. The lowest BCUT2D eigenvalue weighted by molar-refractivity contribution is -0.142. The molecule has 12 rings (SSSR count). The molecule has 4 fully saturated rings. The largest absolute Gasteiger partial charge is 0.486 e. The zero-order valence-corrected chi connectivity index (χ0v) is 47.2. The van der Waals surface area contributed by atoms with Crippen molar-refractivity contribution in [3.05, 3.63) is 125 Å². The summed E-state index contributed by atoms with van der Waals surface area (Å²) in [6, 6.07) is 17.3. The first-order valence-corrected chi connectivity index (χ1v) is 28.4. The maximum Gasteiger partial charge on any atom is 0.319 e. The summed E-state index contributed by atoms with van der Waals surface area (Å²) in [5.74, 6) is -0.0110. The van der Waals surface area contributed by atoms with E-state index in [0.717, 1.165) is 93.4 Å². The molecule has 8 aromatic rings. The van der Waals surface area contributed by atoms with E-state index in [1.807, 2.05) is 95.5 Å². The monoisotopic (exact) mass is 1110 g/mol. The minimum absolute atomic E-state index is 0.0384. The molecule has 19 nitrogen and oxygen atoms in total. The van der Waals surface area contributed by atoms with Gasteiger partial charge in [0.05, 0.1) is 42.8 Å². The molecule has 2 bridgehead atoms. The van der Waals surface area contributed by atoms with Crippen LogP contribution < -0.4 is 25.0 Å². The summed E-state index contributed by atoms with van der Waals surface area (Å²) < 4.78 is 36.6. The van der Waals surface area contributed by atoms with E-state index in [2.05, 4.69) is 47.1 Å².